The molecule has 1 aliphatic rings. The van der Waals surface area contributed by atoms with E-state index in [1.165, 1.54) is 14.0 Å². The van der Waals surface area contributed by atoms with Gasteiger partial charge in [0.2, 0.25) is 0 Å². The first kappa shape index (κ1) is 19.5. The Hall–Kier alpha value is -3.26. The largest absolute Gasteiger partial charge is 0.497 e. The van der Waals surface area contributed by atoms with Crippen molar-refractivity contribution >= 4 is 40.6 Å². The highest BCUT2D eigenvalue weighted by Crippen LogP contribution is 2.37. The van der Waals surface area contributed by atoms with E-state index in [-0.39, 0.29) is 4.91 Å². The molecule has 1 unspecified atom stereocenters. The minimum absolute atomic E-state index is 0.260. The van der Waals surface area contributed by atoms with Crippen molar-refractivity contribution in [3.8, 4) is 11.5 Å². The van der Waals surface area contributed by atoms with Gasteiger partial charge in [-0.3, -0.25) is 9.59 Å². The fourth-order valence-corrected chi connectivity index (χ4v) is 3.36. The maximum Gasteiger partial charge on any atom is 0.344 e. The van der Waals surface area contributed by atoms with Gasteiger partial charge in [0.1, 0.15) is 11.5 Å². The Bertz CT molecular complexity index is 971. The predicted octanol–water partition coefficient (Wildman–Crippen LogP) is 3.79. The number of hydrogen-bond acceptors (Lipinski definition) is 6. The Morgan fingerprint density at radius 1 is 1.14 bits per heavy atom. The molecular formula is C20H17NO6S. The predicted molar refractivity (Wildman–Crippen MR) is 106 cm³/mol. The molecule has 144 valence electrons. The van der Waals surface area contributed by atoms with Gasteiger partial charge in [-0.1, -0.05) is 18.2 Å². The average molecular weight is 399 g/mol. The zero-order valence-corrected chi connectivity index (χ0v) is 15.9. The highest BCUT2D eigenvalue weighted by atomic mass is 32.2. The van der Waals surface area contributed by atoms with E-state index < -0.39 is 23.2 Å². The number of methoxy groups -OCH3 is 1. The average Bonchev–Trinajstić information content (AvgIpc) is 2.95. The number of ether oxygens (including phenoxy) is 2. The molecule has 1 saturated heterocycles. The van der Waals surface area contributed by atoms with E-state index in [1.54, 1.807) is 54.6 Å². The van der Waals surface area contributed by atoms with E-state index in [4.69, 9.17) is 14.6 Å². The van der Waals surface area contributed by atoms with Crippen molar-refractivity contribution in [2.75, 3.05) is 12.0 Å². The van der Waals surface area contributed by atoms with Gasteiger partial charge in [0, 0.05) is 6.07 Å². The second kappa shape index (κ2) is 8.18. The lowest BCUT2D eigenvalue weighted by Crippen LogP contribution is -2.27. The first-order valence-electron chi connectivity index (χ1n) is 8.30. The first-order valence-corrected chi connectivity index (χ1v) is 9.12. The fraction of sp³-hybridized carbons (Fsp3) is 0.150. The summed E-state index contributed by atoms with van der Waals surface area (Å²) in [5.74, 6) is -0.619. The van der Waals surface area contributed by atoms with Crippen LogP contribution in [0.3, 0.4) is 0 Å². The molecule has 2 aromatic carbocycles. The molecule has 1 N–H and O–H groups in total. The first-order chi connectivity index (χ1) is 13.4. The molecule has 2 amide bonds. The van der Waals surface area contributed by atoms with Crippen molar-refractivity contribution in [1.29, 1.82) is 0 Å². The summed E-state index contributed by atoms with van der Waals surface area (Å²) in [6.07, 6.45) is 0.569. The molecule has 8 heteroatoms. The summed E-state index contributed by atoms with van der Waals surface area (Å²) >= 11 is 0.832. The van der Waals surface area contributed by atoms with Crippen LogP contribution in [0.25, 0.3) is 6.08 Å². The van der Waals surface area contributed by atoms with Gasteiger partial charge in [-0.05, 0) is 54.6 Å². The molecule has 1 aliphatic heterocycles. The van der Waals surface area contributed by atoms with Crippen molar-refractivity contribution < 1.29 is 29.0 Å². The Morgan fingerprint density at radius 3 is 2.57 bits per heavy atom. The standard InChI is InChI=1S/C20H17NO6S/c1-12(19(23)24)27-16-8-3-5-13(9-16)10-17-18(22)21(20(25)28-17)14-6-4-7-15(11-14)26-2/h3-12H,1-2H3,(H,23,24)/b17-10+. The topological polar surface area (TPSA) is 93.1 Å². The van der Waals surface area contributed by atoms with Crippen molar-refractivity contribution in [2.45, 2.75) is 13.0 Å². The molecule has 28 heavy (non-hydrogen) atoms. The summed E-state index contributed by atoms with van der Waals surface area (Å²) < 4.78 is 10.5. The summed E-state index contributed by atoms with van der Waals surface area (Å²) in [6.45, 7) is 1.43. The van der Waals surface area contributed by atoms with Gasteiger partial charge in [0.15, 0.2) is 6.10 Å². The number of rotatable bonds is 6. The molecule has 0 spiro atoms. The maximum atomic E-state index is 12.7. The highest BCUT2D eigenvalue weighted by molar-refractivity contribution is 8.19. The third kappa shape index (κ3) is 4.17. The molecule has 1 atom stereocenters. The molecule has 1 fully saturated rings. The summed E-state index contributed by atoms with van der Waals surface area (Å²) in [5.41, 5.74) is 1.05. The molecule has 0 bridgehead atoms. The number of aliphatic carboxylic acids is 1. The Labute approximate surface area is 165 Å². The highest BCUT2D eigenvalue weighted by Gasteiger charge is 2.36. The van der Waals surface area contributed by atoms with Gasteiger partial charge < -0.3 is 14.6 Å². The summed E-state index contributed by atoms with van der Waals surface area (Å²) in [5, 5.41) is 8.54. The van der Waals surface area contributed by atoms with Crippen LogP contribution in [0, 0.1) is 0 Å². The zero-order valence-electron chi connectivity index (χ0n) is 15.1. The Kier molecular flexibility index (Phi) is 5.70. The zero-order chi connectivity index (χ0) is 20.3. The van der Waals surface area contributed by atoms with Crippen molar-refractivity contribution in [2.24, 2.45) is 0 Å². The summed E-state index contributed by atoms with van der Waals surface area (Å²) in [6, 6.07) is 13.3. The van der Waals surface area contributed by atoms with Crippen LogP contribution in [0.2, 0.25) is 0 Å². The van der Waals surface area contributed by atoms with Gasteiger partial charge in [-0.15, -0.1) is 0 Å². The smallest absolute Gasteiger partial charge is 0.344 e. The van der Waals surface area contributed by atoms with Gasteiger partial charge in [-0.25, -0.2) is 9.69 Å². The van der Waals surface area contributed by atoms with Crippen molar-refractivity contribution in [1.82, 2.24) is 0 Å². The SMILES string of the molecule is COc1cccc(N2C(=O)S/C(=C/c3cccc(OC(C)C(=O)O)c3)C2=O)c1. The minimum Gasteiger partial charge on any atom is -0.497 e. The summed E-state index contributed by atoms with van der Waals surface area (Å²) in [4.78, 5) is 37.4. The third-order valence-electron chi connectivity index (χ3n) is 3.92. The molecule has 1 heterocycles. The molecule has 0 aliphatic carbocycles. The molecule has 0 radical (unpaired) electrons. The number of amides is 2. The lowest BCUT2D eigenvalue weighted by Gasteiger charge is -2.13. The van der Waals surface area contributed by atoms with Crippen LogP contribution in [0.15, 0.2) is 53.4 Å². The lowest BCUT2D eigenvalue weighted by molar-refractivity contribution is -0.144. The fourth-order valence-electron chi connectivity index (χ4n) is 2.52. The van der Waals surface area contributed by atoms with E-state index in [1.807, 2.05) is 0 Å². The van der Waals surface area contributed by atoms with Crippen LogP contribution in [0.1, 0.15) is 12.5 Å². The second-order valence-electron chi connectivity index (χ2n) is 5.89. The lowest BCUT2D eigenvalue weighted by atomic mass is 10.2. The third-order valence-corrected chi connectivity index (χ3v) is 4.79. The van der Waals surface area contributed by atoms with E-state index in [9.17, 15) is 14.4 Å². The molecule has 0 aromatic heterocycles. The van der Waals surface area contributed by atoms with Gasteiger partial charge in [0.05, 0.1) is 17.7 Å². The summed E-state index contributed by atoms with van der Waals surface area (Å²) in [7, 11) is 1.51. The second-order valence-corrected chi connectivity index (χ2v) is 6.88. The number of imide groups is 1. The van der Waals surface area contributed by atoms with Crippen LogP contribution in [-0.2, 0) is 9.59 Å². The van der Waals surface area contributed by atoms with Crippen LogP contribution in [0.4, 0.5) is 10.5 Å². The molecule has 3 rings (SSSR count). The molecule has 7 nitrogen and oxygen atoms in total. The number of carbonyl (C=O) groups excluding carboxylic acids is 2. The number of hydrogen-bond donors (Lipinski definition) is 1. The van der Waals surface area contributed by atoms with Gasteiger partial charge in [-0.2, -0.15) is 0 Å². The van der Waals surface area contributed by atoms with Crippen LogP contribution in [0.5, 0.6) is 11.5 Å². The molecule has 0 saturated carbocycles. The number of carbonyl (C=O) groups is 3. The van der Waals surface area contributed by atoms with Crippen molar-refractivity contribution in [3.05, 3.63) is 59.0 Å². The number of carboxylic acids is 1. The monoisotopic (exact) mass is 399 g/mol. The minimum atomic E-state index is -1.08. The number of nitrogens with zero attached hydrogens (tertiary/aromatic N) is 1. The molecule has 2 aromatic rings. The van der Waals surface area contributed by atoms with Crippen LogP contribution < -0.4 is 14.4 Å². The number of thioether (sulfide) groups is 1. The molecular weight excluding hydrogens is 382 g/mol. The maximum absolute atomic E-state index is 12.7. The van der Waals surface area contributed by atoms with E-state index >= 15 is 0 Å². The van der Waals surface area contributed by atoms with Gasteiger partial charge in [0.25, 0.3) is 11.1 Å². The van der Waals surface area contributed by atoms with E-state index in [0.717, 1.165) is 16.7 Å². The number of anilines is 1. The van der Waals surface area contributed by atoms with Gasteiger partial charge >= 0.3 is 5.97 Å². The Balaban J connectivity index is 1.84. The van der Waals surface area contributed by atoms with E-state index in [0.29, 0.717) is 22.7 Å². The quantitative estimate of drug-likeness (QED) is 0.739. The van der Waals surface area contributed by atoms with Crippen LogP contribution in [-0.4, -0.2) is 35.4 Å². The number of carboxylic acid groups (broad SMARTS) is 1. The normalized spacial score (nSPS) is 16.4. The van der Waals surface area contributed by atoms with Crippen molar-refractivity contribution in [3.63, 3.8) is 0 Å². The van der Waals surface area contributed by atoms with E-state index in [2.05, 4.69) is 0 Å². The van der Waals surface area contributed by atoms with Crippen LogP contribution >= 0.6 is 11.8 Å². The Morgan fingerprint density at radius 2 is 1.86 bits per heavy atom. The number of benzene rings is 2.